The molecule has 7 heteroatoms. The van der Waals surface area contributed by atoms with E-state index in [0.29, 0.717) is 26.2 Å². The molecule has 1 N–H and O–H groups in total. The molecule has 0 saturated carbocycles. The SMILES string of the molecule is COCCNC(=O)N1CCC(Oc2ccc(-c3ccc4nccn4c3C)cc2)CC1. The van der Waals surface area contributed by atoms with Crippen LogP contribution in [0.4, 0.5) is 4.79 Å². The van der Waals surface area contributed by atoms with Crippen LogP contribution >= 0.6 is 0 Å². The molecule has 1 aliphatic heterocycles. The van der Waals surface area contributed by atoms with Gasteiger partial charge in [0.1, 0.15) is 17.5 Å². The normalized spacial score (nSPS) is 14.8. The summed E-state index contributed by atoms with van der Waals surface area (Å²) in [6.45, 7) is 4.56. The van der Waals surface area contributed by atoms with Gasteiger partial charge in [0.25, 0.3) is 0 Å². The van der Waals surface area contributed by atoms with Crippen molar-refractivity contribution in [2.45, 2.75) is 25.9 Å². The van der Waals surface area contributed by atoms with Gasteiger partial charge >= 0.3 is 6.03 Å². The predicted octanol–water partition coefficient (Wildman–Crippen LogP) is 3.51. The van der Waals surface area contributed by atoms with Crippen molar-refractivity contribution in [1.82, 2.24) is 19.6 Å². The molecular formula is C23H28N4O3. The number of likely N-dealkylation sites (tertiary alicyclic amines) is 1. The number of aryl methyl sites for hydroxylation is 1. The molecule has 4 rings (SSSR count). The highest BCUT2D eigenvalue weighted by molar-refractivity contribution is 5.74. The first-order chi connectivity index (χ1) is 14.7. The van der Waals surface area contributed by atoms with E-state index in [1.165, 1.54) is 5.56 Å². The Hall–Kier alpha value is -3.06. The fraction of sp³-hybridized carbons (Fsp3) is 0.391. The van der Waals surface area contributed by atoms with Gasteiger partial charge in [-0.1, -0.05) is 12.1 Å². The highest BCUT2D eigenvalue weighted by Gasteiger charge is 2.23. The number of amides is 2. The number of carbonyl (C=O) groups excluding carboxylic acids is 1. The molecule has 3 aromatic rings. The highest BCUT2D eigenvalue weighted by Crippen LogP contribution is 2.27. The second kappa shape index (κ2) is 9.17. The monoisotopic (exact) mass is 408 g/mol. The van der Waals surface area contributed by atoms with Crippen molar-refractivity contribution in [3.8, 4) is 16.9 Å². The third-order valence-electron chi connectivity index (χ3n) is 5.60. The summed E-state index contributed by atoms with van der Waals surface area (Å²) in [5, 5.41) is 2.87. The van der Waals surface area contributed by atoms with E-state index in [9.17, 15) is 4.79 Å². The van der Waals surface area contributed by atoms with Crippen LogP contribution in [-0.4, -0.2) is 59.8 Å². The first-order valence-electron chi connectivity index (χ1n) is 10.4. The number of imidazole rings is 1. The van der Waals surface area contributed by atoms with Crippen molar-refractivity contribution in [1.29, 1.82) is 0 Å². The van der Waals surface area contributed by atoms with Gasteiger partial charge in [-0.05, 0) is 36.8 Å². The number of carbonyl (C=O) groups is 1. The van der Waals surface area contributed by atoms with Crippen molar-refractivity contribution in [3.05, 3.63) is 54.5 Å². The summed E-state index contributed by atoms with van der Waals surface area (Å²) in [6.07, 6.45) is 5.59. The smallest absolute Gasteiger partial charge is 0.317 e. The van der Waals surface area contributed by atoms with Crippen LogP contribution in [0.2, 0.25) is 0 Å². The van der Waals surface area contributed by atoms with Gasteiger partial charge in [-0.2, -0.15) is 0 Å². The Morgan fingerprint density at radius 2 is 1.93 bits per heavy atom. The number of fused-ring (bicyclic) bond motifs is 1. The molecular weight excluding hydrogens is 380 g/mol. The molecule has 3 heterocycles. The van der Waals surface area contributed by atoms with Crippen LogP contribution in [0.3, 0.4) is 0 Å². The average Bonchev–Trinajstić information content (AvgIpc) is 3.25. The number of hydrogen-bond acceptors (Lipinski definition) is 4. The standard InChI is InChI=1S/C23H28N4O3/c1-17-21(7-8-22-24-11-15-27(17)22)18-3-5-19(6-4-18)30-20-9-13-26(14-10-20)23(28)25-12-16-29-2/h3-8,11,15,20H,9-10,12-14,16H2,1-2H3,(H,25,28). The molecule has 158 valence electrons. The molecule has 0 atom stereocenters. The minimum Gasteiger partial charge on any atom is -0.490 e. The third-order valence-corrected chi connectivity index (χ3v) is 5.60. The van der Waals surface area contributed by atoms with E-state index in [1.54, 1.807) is 7.11 Å². The summed E-state index contributed by atoms with van der Waals surface area (Å²) < 4.78 is 13.2. The third kappa shape index (κ3) is 4.41. The summed E-state index contributed by atoms with van der Waals surface area (Å²) in [7, 11) is 1.63. The number of urea groups is 1. The quantitative estimate of drug-likeness (QED) is 0.634. The zero-order valence-electron chi connectivity index (χ0n) is 17.5. The van der Waals surface area contributed by atoms with Gasteiger partial charge < -0.3 is 24.1 Å². The minimum atomic E-state index is -0.0277. The summed E-state index contributed by atoms with van der Waals surface area (Å²) in [5.74, 6) is 0.864. The van der Waals surface area contributed by atoms with Crippen LogP contribution in [0.15, 0.2) is 48.8 Å². The summed E-state index contributed by atoms with van der Waals surface area (Å²) in [5.41, 5.74) is 4.45. The van der Waals surface area contributed by atoms with E-state index in [2.05, 4.69) is 39.8 Å². The van der Waals surface area contributed by atoms with Crippen molar-refractivity contribution in [2.24, 2.45) is 0 Å². The highest BCUT2D eigenvalue weighted by atomic mass is 16.5. The molecule has 0 spiro atoms. The molecule has 30 heavy (non-hydrogen) atoms. The van der Waals surface area contributed by atoms with E-state index in [4.69, 9.17) is 9.47 Å². The average molecular weight is 409 g/mol. The fourth-order valence-corrected chi connectivity index (χ4v) is 3.89. The van der Waals surface area contributed by atoms with Gasteiger partial charge in [0.15, 0.2) is 0 Å². The lowest BCUT2D eigenvalue weighted by atomic mass is 10.0. The van der Waals surface area contributed by atoms with Gasteiger partial charge in [-0.3, -0.25) is 0 Å². The largest absolute Gasteiger partial charge is 0.490 e. The Balaban J connectivity index is 1.33. The summed E-state index contributed by atoms with van der Waals surface area (Å²) >= 11 is 0. The van der Waals surface area contributed by atoms with Crippen molar-refractivity contribution in [2.75, 3.05) is 33.4 Å². The molecule has 2 aromatic heterocycles. The van der Waals surface area contributed by atoms with Crippen LogP contribution in [0.25, 0.3) is 16.8 Å². The number of rotatable bonds is 6. The second-order valence-corrected chi connectivity index (χ2v) is 7.54. The number of nitrogens with one attached hydrogen (secondary N) is 1. The molecule has 0 radical (unpaired) electrons. The number of nitrogens with zero attached hydrogens (tertiary/aromatic N) is 3. The lowest BCUT2D eigenvalue weighted by Crippen LogP contribution is -2.47. The van der Waals surface area contributed by atoms with E-state index in [-0.39, 0.29) is 12.1 Å². The number of pyridine rings is 1. The Morgan fingerprint density at radius 3 is 2.67 bits per heavy atom. The van der Waals surface area contributed by atoms with Gasteiger partial charge in [0.05, 0.1) is 6.61 Å². The summed E-state index contributed by atoms with van der Waals surface area (Å²) in [4.78, 5) is 18.3. The van der Waals surface area contributed by atoms with Gasteiger partial charge in [0, 0.05) is 63.2 Å². The number of methoxy groups -OCH3 is 1. The molecule has 0 bridgehead atoms. The summed E-state index contributed by atoms with van der Waals surface area (Å²) in [6, 6.07) is 12.4. The first kappa shape index (κ1) is 20.2. The van der Waals surface area contributed by atoms with Gasteiger partial charge in [0.2, 0.25) is 0 Å². The first-order valence-corrected chi connectivity index (χ1v) is 10.4. The predicted molar refractivity (Wildman–Crippen MR) is 116 cm³/mol. The number of piperidine rings is 1. The van der Waals surface area contributed by atoms with Crippen molar-refractivity contribution < 1.29 is 14.3 Å². The maximum Gasteiger partial charge on any atom is 0.317 e. The number of benzene rings is 1. The number of ether oxygens (including phenoxy) is 2. The topological polar surface area (TPSA) is 68.1 Å². The number of aromatic nitrogens is 2. The van der Waals surface area contributed by atoms with E-state index in [0.717, 1.165) is 35.5 Å². The van der Waals surface area contributed by atoms with Crippen LogP contribution in [0, 0.1) is 6.92 Å². The van der Waals surface area contributed by atoms with E-state index in [1.807, 2.05) is 35.5 Å². The van der Waals surface area contributed by atoms with Crippen molar-refractivity contribution in [3.63, 3.8) is 0 Å². The molecule has 1 aliphatic rings. The molecule has 0 aliphatic carbocycles. The molecule has 2 amide bonds. The zero-order valence-corrected chi connectivity index (χ0v) is 17.5. The molecule has 1 fully saturated rings. The molecule has 7 nitrogen and oxygen atoms in total. The second-order valence-electron chi connectivity index (χ2n) is 7.54. The van der Waals surface area contributed by atoms with Gasteiger partial charge in [-0.15, -0.1) is 0 Å². The lowest BCUT2D eigenvalue weighted by molar-refractivity contribution is 0.110. The number of hydrogen-bond donors (Lipinski definition) is 1. The minimum absolute atomic E-state index is 0.0277. The maximum atomic E-state index is 12.1. The van der Waals surface area contributed by atoms with Gasteiger partial charge in [-0.25, -0.2) is 9.78 Å². The Kier molecular flexibility index (Phi) is 6.18. The molecule has 0 unspecified atom stereocenters. The van der Waals surface area contributed by atoms with Crippen LogP contribution in [0.1, 0.15) is 18.5 Å². The van der Waals surface area contributed by atoms with Crippen LogP contribution in [0.5, 0.6) is 5.75 Å². The molecule has 1 saturated heterocycles. The Bertz CT molecular complexity index is 991. The molecule has 1 aromatic carbocycles. The van der Waals surface area contributed by atoms with E-state index < -0.39 is 0 Å². The Morgan fingerprint density at radius 1 is 1.17 bits per heavy atom. The van der Waals surface area contributed by atoms with E-state index >= 15 is 0 Å². The Labute approximate surface area is 176 Å². The fourth-order valence-electron chi connectivity index (χ4n) is 3.89. The van der Waals surface area contributed by atoms with Crippen LogP contribution < -0.4 is 10.1 Å². The van der Waals surface area contributed by atoms with Crippen LogP contribution in [-0.2, 0) is 4.74 Å². The van der Waals surface area contributed by atoms with Crippen molar-refractivity contribution >= 4 is 11.7 Å². The maximum absolute atomic E-state index is 12.1. The zero-order chi connectivity index (χ0) is 20.9. The lowest BCUT2D eigenvalue weighted by Gasteiger charge is -2.32.